The average Bonchev–Trinajstić information content (AvgIpc) is 2.37. The molecular formula is C12H18N4O. The zero-order valence-corrected chi connectivity index (χ0v) is 10.0. The van der Waals surface area contributed by atoms with E-state index in [1.54, 1.807) is 6.20 Å². The summed E-state index contributed by atoms with van der Waals surface area (Å²) >= 11 is 0. The fraction of sp³-hybridized carbons (Fsp3) is 0.500. The predicted molar refractivity (Wildman–Crippen MR) is 67.1 cm³/mol. The van der Waals surface area contributed by atoms with Gasteiger partial charge in [0.05, 0.1) is 11.9 Å². The van der Waals surface area contributed by atoms with Gasteiger partial charge in [0, 0.05) is 18.2 Å². The molecule has 0 aromatic carbocycles. The molecule has 1 atom stereocenters. The topological polar surface area (TPSA) is 63.7 Å². The van der Waals surface area contributed by atoms with Crippen LogP contribution in [-0.2, 0) is 4.84 Å². The Morgan fingerprint density at radius 3 is 3.12 bits per heavy atom. The maximum atomic E-state index is 4.86. The van der Waals surface area contributed by atoms with Crippen LogP contribution in [0.1, 0.15) is 24.5 Å². The van der Waals surface area contributed by atoms with E-state index in [4.69, 9.17) is 5.90 Å². The second-order valence-corrected chi connectivity index (χ2v) is 4.41. The summed E-state index contributed by atoms with van der Waals surface area (Å²) in [4.78, 5) is 15.1. The molecule has 1 aliphatic heterocycles. The molecule has 1 aromatic heterocycles. The molecule has 2 rings (SSSR count). The number of aliphatic imine (C=N–C) groups is 1. The van der Waals surface area contributed by atoms with Crippen LogP contribution < -0.4 is 5.90 Å². The number of likely N-dealkylation sites (N-methyl/N-ethyl adjacent to an activating group) is 1. The van der Waals surface area contributed by atoms with Crippen molar-refractivity contribution in [1.29, 1.82) is 0 Å². The van der Waals surface area contributed by atoms with Gasteiger partial charge in [-0.05, 0) is 38.6 Å². The summed E-state index contributed by atoms with van der Waals surface area (Å²) in [6, 6.07) is 3.97. The fourth-order valence-electron chi connectivity index (χ4n) is 2.21. The van der Waals surface area contributed by atoms with E-state index in [1.807, 2.05) is 12.1 Å². The Morgan fingerprint density at radius 1 is 1.59 bits per heavy atom. The van der Waals surface area contributed by atoms with Gasteiger partial charge < -0.3 is 9.74 Å². The van der Waals surface area contributed by atoms with E-state index >= 15 is 0 Å². The van der Waals surface area contributed by atoms with Crippen LogP contribution in [-0.4, -0.2) is 36.4 Å². The van der Waals surface area contributed by atoms with Crippen molar-refractivity contribution in [2.75, 3.05) is 20.1 Å². The van der Waals surface area contributed by atoms with Gasteiger partial charge in [0.1, 0.15) is 0 Å². The van der Waals surface area contributed by atoms with Crippen molar-refractivity contribution in [3.63, 3.8) is 0 Å². The van der Waals surface area contributed by atoms with Crippen molar-refractivity contribution in [2.24, 2.45) is 10.9 Å². The van der Waals surface area contributed by atoms with Crippen LogP contribution >= 0.6 is 0 Å². The number of likely N-dealkylation sites (tertiary alicyclic amines) is 1. The summed E-state index contributed by atoms with van der Waals surface area (Å²) in [7, 11) is 2.16. The SMILES string of the molecule is CN1CCCC(c2ccc(N=CON)cn2)C1. The summed E-state index contributed by atoms with van der Waals surface area (Å²) in [5.41, 5.74) is 1.90. The van der Waals surface area contributed by atoms with Crippen LogP contribution in [0.15, 0.2) is 23.3 Å². The Balaban J connectivity index is 2.04. The number of hydrogen-bond acceptors (Lipinski definition) is 5. The normalized spacial score (nSPS) is 21.9. The lowest BCUT2D eigenvalue weighted by Gasteiger charge is -2.29. The van der Waals surface area contributed by atoms with Gasteiger partial charge in [-0.15, -0.1) is 0 Å². The highest BCUT2D eigenvalue weighted by Gasteiger charge is 2.19. The van der Waals surface area contributed by atoms with Crippen molar-refractivity contribution in [1.82, 2.24) is 9.88 Å². The summed E-state index contributed by atoms with van der Waals surface area (Å²) < 4.78 is 0. The standard InChI is InChI=1S/C12H18N4O/c1-16-6-2-3-10(8-16)12-5-4-11(7-14-12)15-9-17-13/h4-5,7,9-10H,2-3,6,8,13H2,1H3. The minimum absolute atomic E-state index is 0.539. The lowest BCUT2D eigenvalue weighted by Crippen LogP contribution is -2.31. The molecule has 92 valence electrons. The van der Waals surface area contributed by atoms with E-state index < -0.39 is 0 Å². The van der Waals surface area contributed by atoms with Gasteiger partial charge in [0.25, 0.3) is 0 Å². The van der Waals surface area contributed by atoms with Crippen LogP contribution in [0.5, 0.6) is 0 Å². The van der Waals surface area contributed by atoms with Gasteiger partial charge >= 0.3 is 0 Å². The van der Waals surface area contributed by atoms with Gasteiger partial charge in [-0.25, -0.2) is 4.99 Å². The number of hydrogen-bond donors (Lipinski definition) is 1. The molecule has 0 bridgehead atoms. The van der Waals surface area contributed by atoms with Crippen molar-refractivity contribution in [2.45, 2.75) is 18.8 Å². The summed E-state index contributed by atoms with van der Waals surface area (Å²) in [5.74, 6) is 5.40. The Labute approximate surface area is 101 Å². The minimum Gasteiger partial charge on any atom is -0.399 e. The smallest absolute Gasteiger partial charge is 0.201 e. The molecule has 1 saturated heterocycles. The van der Waals surface area contributed by atoms with Crippen LogP contribution in [0.25, 0.3) is 0 Å². The lowest BCUT2D eigenvalue weighted by atomic mass is 9.95. The molecule has 17 heavy (non-hydrogen) atoms. The molecule has 0 radical (unpaired) electrons. The molecule has 1 fully saturated rings. The van der Waals surface area contributed by atoms with Crippen LogP contribution in [0.2, 0.25) is 0 Å². The van der Waals surface area contributed by atoms with E-state index in [-0.39, 0.29) is 0 Å². The molecule has 2 N–H and O–H groups in total. The molecular weight excluding hydrogens is 216 g/mol. The highest BCUT2D eigenvalue weighted by atomic mass is 16.6. The fourth-order valence-corrected chi connectivity index (χ4v) is 2.21. The molecule has 1 aromatic rings. The zero-order valence-electron chi connectivity index (χ0n) is 10.0. The van der Waals surface area contributed by atoms with Gasteiger partial charge in [0.2, 0.25) is 6.40 Å². The molecule has 1 unspecified atom stereocenters. The highest BCUT2D eigenvalue weighted by Crippen LogP contribution is 2.25. The second kappa shape index (κ2) is 5.75. The quantitative estimate of drug-likeness (QED) is 0.488. The summed E-state index contributed by atoms with van der Waals surface area (Å²) in [5, 5.41) is 0. The highest BCUT2D eigenvalue weighted by molar-refractivity contribution is 5.54. The van der Waals surface area contributed by atoms with Gasteiger partial charge in [0.15, 0.2) is 0 Å². The molecule has 0 saturated carbocycles. The second-order valence-electron chi connectivity index (χ2n) is 4.41. The molecule has 0 spiro atoms. The van der Waals surface area contributed by atoms with Gasteiger partial charge in [-0.1, -0.05) is 0 Å². The largest absolute Gasteiger partial charge is 0.399 e. The van der Waals surface area contributed by atoms with Crippen molar-refractivity contribution >= 4 is 12.1 Å². The first-order valence-corrected chi connectivity index (χ1v) is 5.82. The monoisotopic (exact) mass is 234 g/mol. The lowest BCUT2D eigenvalue weighted by molar-refractivity contribution is 0.248. The van der Waals surface area contributed by atoms with E-state index in [2.05, 4.69) is 26.8 Å². The zero-order chi connectivity index (χ0) is 12.1. The number of rotatable bonds is 3. The summed E-state index contributed by atoms with van der Waals surface area (Å²) in [6.45, 7) is 2.27. The third-order valence-corrected chi connectivity index (χ3v) is 3.08. The van der Waals surface area contributed by atoms with E-state index in [1.165, 1.54) is 25.8 Å². The first-order valence-electron chi connectivity index (χ1n) is 5.82. The van der Waals surface area contributed by atoms with Crippen LogP contribution in [0.3, 0.4) is 0 Å². The number of piperidine rings is 1. The van der Waals surface area contributed by atoms with Crippen LogP contribution in [0.4, 0.5) is 5.69 Å². The van der Waals surface area contributed by atoms with E-state index in [0.717, 1.165) is 17.9 Å². The predicted octanol–water partition coefficient (Wildman–Crippen LogP) is 1.44. The number of aromatic nitrogens is 1. The molecule has 0 amide bonds. The maximum absolute atomic E-state index is 4.86. The molecule has 1 aliphatic rings. The third kappa shape index (κ3) is 3.25. The molecule has 5 nitrogen and oxygen atoms in total. The first kappa shape index (κ1) is 12.0. The average molecular weight is 234 g/mol. The van der Waals surface area contributed by atoms with Crippen molar-refractivity contribution in [3.8, 4) is 0 Å². The number of nitrogens with two attached hydrogens (primary N) is 1. The van der Waals surface area contributed by atoms with Crippen molar-refractivity contribution in [3.05, 3.63) is 24.0 Å². The Kier molecular flexibility index (Phi) is 4.06. The van der Waals surface area contributed by atoms with Crippen LogP contribution in [0, 0.1) is 0 Å². The Bertz CT molecular complexity index is 377. The first-order chi connectivity index (χ1) is 8.29. The van der Waals surface area contributed by atoms with Crippen molar-refractivity contribution < 1.29 is 4.84 Å². The van der Waals surface area contributed by atoms with E-state index in [9.17, 15) is 0 Å². The Morgan fingerprint density at radius 2 is 2.47 bits per heavy atom. The maximum Gasteiger partial charge on any atom is 0.201 e. The molecule has 5 heteroatoms. The third-order valence-electron chi connectivity index (χ3n) is 3.08. The van der Waals surface area contributed by atoms with Gasteiger partial charge in [-0.2, -0.15) is 5.90 Å². The van der Waals surface area contributed by atoms with E-state index in [0.29, 0.717) is 5.92 Å². The number of nitrogens with zero attached hydrogens (tertiary/aromatic N) is 3. The molecule has 2 heterocycles. The summed E-state index contributed by atoms with van der Waals surface area (Å²) in [6.07, 6.45) is 5.40. The molecule has 0 aliphatic carbocycles. The Hall–Kier alpha value is -1.46. The van der Waals surface area contributed by atoms with Gasteiger partial charge in [-0.3, -0.25) is 4.98 Å². The minimum atomic E-state index is 0.539. The number of pyridine rings is 1.